The lowest BCUT2D eigenvalue weighted by Crippen LogP contribution is -2.49. The van der Waals surface area contributed by atoms with Gasteiger partial charge in [0.15, 0.2) is 0 Å². The van der Waals surface area contributed by atoms with E-state index in [2.05, 4.69) is 42.3 Å². The molecule has 1 aromatic carbocycles. The molecule has 0 aromatic heterocycles. The standard InChI is InChI=1S/C16H25N3O/c1-12(2)10-18-16(20)11-19-14(9-17)8-7-13-5-3-4-6-15(13)19/h3-6,12,14H,7-11,17H2,1-2H3,(H,18,20). The first-order valence-corrected chi connectivity index (χ1v) is 7.43. The minimum Gasteiger partial charge on any atom is -0.358 e. The molecule has 0 aliphatic carbocycles. The number of rotatable bonds is 5. The Morgan fingerprint density at radius 1 is 1.45 bits per heavy atom. The number of fused-ring (bicyclic) bond motifs is 1. The minimum absolute atomic E-state index is 0.0776. The second-order valence-electron chi connectivity index (χ2n) is 5.88. The smallest absolute Gasteiger partial charge is 0.239 e. The SMILES string of the molecule is CC(C)CNC(=O)CN1c2ccccc2CCC1CN. The molecule has 4 nitrogen and oxygen atoms in total. The molecule has 3 N–H and O–H groups in total. The molecular weight excluding hydrogens is 250 g/mol. The molecule has 1 unspecified atom stereocenters. The van der Waals surface area contributed by atoms with Crippen molar-refractivity contribution in [2.75, 3.05) is 24.5 Å². The highest BCUT2D eigenvalue weighted by Gasteiger charge is 2.26. The Morgan fingerprint density at radius 2 is 2.20 bits per heavy atom. The summed E-state index contributed by atoms with van der Waals surface area (Å²) in [6.07, 6.45) is 2.06. The van der Waals surface area contributed by atoms with Gasteiger partial charge in [-0.1, -0.05) is 32.0 Å². The Hall–Kier alpha value is -1.55. The maximum atomic E-state index is 12.1. The summed E-state index contributed by atoms with van der Waals surface area (Å²) < 4.78 is 0. The van der Waals surface area contributed by atoms with E-state index in [9.17, 15) is 4.79 Å². The molecule has 1 heterocycles. The summed E-state index contributed by atoms with van der Waals surface area (Å²) in [4.78, 5) is 14.3. The van der Waals surface area contributed by atoms with Crippen molar-refractivity contribution < 1.29 is 4.79 Å². The molecule has 0 bridgehead atoms. The Balaban J connectivity index is 2.09. The zero-order chi connectivity index (χ0) is 14.5. The molecule has 0 fully saturated rings. The number of nitrogens with zero attached hydrogens (tertiary/aromatic N) is 1. The van der Waals surface area contributed by atoms with Gasteiger partial charge in [0.2, 0.25) is 5.91 Å². The van der Waals surface area contributed by atoms with Crippen molar-refractivity contribution in [2.24, 2.45) is 11.7 Å². The maximum absolute atomic E-state index is 12.1. The number of carbonyl (C=O) groups is 1. The van der Waals surface area contributed by atoms with Gasteiger partial charge in [-0.2, -0.15) is 0 Å². The number of nitrogens with two attached hydrogens (primary N) is 1. The van der Waals surface area contributed by atoms with Crippen LogP contribution in [0.2, 0.25) is 0 Å². The zero-order valence-electron chi connectivity index (χ0n) is 12.4. The predicted molar refractivity (Wildman–Crippen MR) is 82.8 cm³/mol. The van der Waals surface area contributed by atoms with Crippen LogP contribution in [0, 0.1) is 5.92 Å². The average Bonchev–Trinajstić information content (AvgIpc) is 2.45. The van der Waals surface area contributed by atoms with Crippen LogP contribution in [0.25, 0.3) is 0 Å². The Morgan fingerprint density at radius 3 is 2.90 bits per heavy atom. The summed E-state index contributed by atoms with van der Waals surface area (Å²) >= 11 is 0. The molecular formula is C16H25N3O. The van der Waals surface area contributed by atoms with Crippen LogP contribution in [-0.2, 0) is 11.2 Å². The topological polar surface area (TPSA) is 58.4 Å². The fourth-order valence-electron chi connectivity index (χ4n) is 2.67. The number of hydrogen-bond acceptors (Lipinski definition) is 3. The summed E-state index contributed by atoms with van der Waals surface area (Å²) in [5.74, 6) is 0.548. The van der Waals surface area contributed by atoms with E-state index in [1.807, 2.05) is 6.07 Å². The maximum Gasteiger partial charge on any atom is 0.239 e. The van der Waals surface area contributed by atoms with Gasteiger partial charge in [-0.05, 0) is 30.4 Å². The van der Waals surface area contributed by atoms with Gasteiger partial charge in [0.1, 0.15) is 0 Å². The molecule has 110 valence electrons. The quantitative estimate of drug-likeness (QED) is 0.857. The molecule has 0 radical (unpaired) electrons. The average molecular weight is 275 g/mol. The van der Waals surface area contributed by atoms with Gasteiger partial charge < -0.3 is 16.0 Å². The third-order valence-electron chi connectivity index (χ3n) is 3.78. The van der Waals surface area contributed by atoms with Gasteiger partial charge >= 0.3 is 0 Å². The van der Waals surface area contributed by atoms with Gasteiger partial charge in [-0.15, -0.1) is 0 Å². The number of hydrogen-bond donors (Lipinski definition) is 2. The van der Waals surface area contributed by atoms with E-state index in [4.69, 9.17) is 5.73 Å². The lowest BCUT2D eigenvalue weighted by Gasteiger charge is -2.38. The lowest BCUT2D eigenvalue weighted by molar-refractivity contribution is -0.120. The van der Waals surface area contributed by atoms with Crippen molar-refractivity contribution in [2.45, 2.75) is 32.7 Å². The number of carbonyl (C=O) groups excluding carboxylic acids is 1. The van der Waals surface area contributed by atoms with Crippen molar-refractivity contribution in [1.82, 2.24) is 5.32 Å². The highest BCUT2D eigenvalue weighted by Crippen LogP contribution is 2.29. The normalized spacial score (nSPS) is 18.0. The number of anilines is 1. The fraction of sp³-hybridized carbons (Fsp3) is 0.562. The van der Waals surface area contributed by atoms with Gasteiger partial charge in [-0.3, -0.25) is 4.79 Å². The van der Waals surface area contributed by atoms with Crippen LogP contribution in [0.5, 0.6) is 0 Å². The van der Waals surface area contributed by atoms with Crippen LogP contribution < -0.4 is 16.0 Å². The van der Waals surface area contributed by atoms with Gasteiger partial charge in [0, 0.05) is 24.8 Å². The first-order chi connectivity index (χ1) is 9.61. The second-order valence-corrected chi connectivity index (χ2v) is 5.88. The number of benzene rings is 1. The summed E-state index contributed by atoms with van der Waals surface area (Å²) in [5, 5.41) is 2.98. The molecule has 1 aliphatic rings. The Bertz CT molecular complexity index is 459. The summed E-state index contributed by atoms with van der Waals surface area (Å²) in [6.45, 7) is 5.90. The second kappa shape index (κ2) is 6.75. The third-order valence-corrected chi connectivity index (χ3v) is 3.78. The van der Waals surface area contributed by atoms with Crippen molar-refractivity contribution in [3.63, 3.8) is 0 Å². The van der Waals surface area contributed by atoms with E-state index in [0.717, 1.165) is 25.1 Å². The van der Waals surface area contributed by atoms with Gasteiger partial charge in [0.25, 0.3) is 0 Å². The number of aryl methyl sites for hydroxylation is 1. The van der Waals surface area contributed by atoms with Crippen LogP contribution in [0.1, 0.15) is 25.8 Å². The van der Waals surface area contributed by atoms with Crippen LogP contribution >= 0.6 is 0 Å². The zero-order valence-corrected chi connectivity index (χ0v) is 12.4. The van der Waals surface area contributed by atoms with Crippen LogP contribution in [-0.4, -0.2) is 31.6 Å². The third kappa shape index (κ3) is 3.51. The Labute approximate surface area is 121 Å². The van der Waals surface area contributed by atoms with Gasteiger partial charge in [-0.25, -0.2) is 0 Å². The van der Waals surface area contributed by atoms with E-state index in [1.165, 1.54) is 5.56 Å². The number of para-hydroxylation sites is 1. The summed E-state index contributed by atoms with van der Waals surface area (Å²) in [6, 6.07) is 8.57. The van der Waals surface area contributed by atoms with Crippen LogP contribution in [0.4, 0.5) is 5.69 Å². The highest BCUT2D eigenvalue weighted by atomic mass is 16.2. The molecule has 4 heteroatoms. The van der Waals surface area contributed by atoms with E-state index < -0.39 is 0 Å². The van der Waals surface area contributed by atoms with E-state index in [1.54, 1.807) is 0 Å². The van der Waals surface area contributed by atoms with Crippen molar-refractivity contribution in [1.29, 1.82) is 0 Å². The molecule has 2 rings (SSSR count). The summed E-state index contributed by atoms with van der Waals surface area (Å²) in [7, 11) is 0. The fourth-order valence-corrected chi connectivity index (χ4v) is 2.67. The minimum atomic E-state index is 0.0776. The lowest BCUT2D eigenvalue weighted by atomic mass is 9.95. The largest absolute Gasteiger partial charge is 0.358 e. The molecule has 1 aliphatic heterocycles. The molecule has 1 atom stereocenters. The monoisotopic (exact) mass is 275 g/mol. The highest BCUT2D eigenvalue weighted by molar-refractivity contribution is 5.82. The molecule has 0 saturated carbocycles. The Kier molecular flexibility index (Phi) is 5.01. The first kappa shape index (κ1) is 14.9. The number of amides is 1. The molecule has 0 saturated heterocycles. The van der Waals surface area contributed by atoms with Crippen LogP contribution in [0.15, 0.2) is 24.3 Å². The predicted octanol–water partition coefficient (Wildman–Crippen LogP) is 1.54. The molecule has 1 amide bonds. The van der Waals surface area contributed by atoms with E-state index in [0.29, 0.717) is 19.0 Å². The van der Waals surface area contributed by atoms with Crippen molar-refractivity contribution >= 4 is 11.6 Å². The van der Waals surface area contributed by atoms with Crippen LogP contribution in [0.3, 0.4) is 0 Å². The molecule has 0 spiro atoms. The number of nitrogens with one attached hydrogen (secondary N) is 1. The summed E-state index contributed by atoms with van der Waals surface area (Å²) in [5.41, 5.74) is 8.35. The van der Waals surface area contributed by atoms with Gasteiger partial charge in [0.05, 0.1) is 6.54 Å². The van der Waals surface area contributed by atoms with Crippen molar-refractivity contribution in [3.05, 3.63) is 29.8 Å². The van der Waals surface area contributed by atoms with E-state index >= 15 is 0 Å². The van der Waals surface area contributed by atoms with Crippen molar-refractivity contribution in [3.8, 4) is 0 Å². The first-order valence-electron chi connectivity index (χ1n) is 7.43. The van der Waals surface area contributed by atoms with E-state index in [-0.39, 0.29) is 11.9 Å². The molecule has 20 heavy (non-hydrogen) atoms. The molecule has 1 aromatic rings.